The molecule has 0 spiro atoms. The van der Waals surface area contributed by atoms with Crippen molar-refractivity contribution >= 4 is 5.96 Å². The van der Waals surface area contributed by atoms with E-state index in [1.54, 1.807) is 0 Å². The van der Waals surface area contributed by atoms with Gasteiger partial charge in [0.25, 0.3) is 0 Å². The first-order valence-electron chi connectivity index (χ1n) is 9.99. The highest BCUT2D eigenvalue weighted by atomic mass is 15.2. The van der Waals surface area contributed by atoms with Crippen LogP contribution in [0.5, 0.6) is 0 Å². The number of hydrogen-bond donors (Lipinski definition) is 2. The average molecular weight is 360 g/mol. The van der Waals surface area contributed by atoms with Crippen LogP contribution in [0.25, 0.3) is 0 Å². The van der Waals surface area contributed by atoms with Gasteiger partial charge in [0, 0.05) is 39.3 Å². The van der Waals surface area contributed by atoms with Gasteiger partial charge in [-0.1, -0.05) is 30.7 Å². The molecule has 1 aromatic rings. The Morgan fingerprint density at radius 1 is 1.15 bits per heavy atom. The molecule has 5 nitrogen and oxygen atoms in total. The van der Waals surface area contributed by atoms with Crippen molar-refractivity contribution in [1.82, 2.24) is 20.4 Å². The number of guanidine groups is 1. The SMILES string of the molecule is CN=C(NCCCN1CCCCC1C)NCc1ccc(CN(C)C)cc1. The molecule has 1 atom stereocenters. The number of aliphatic imine (C=N–C) groups is 1. The third kappa shape index (κ3) is 7.34. The van der Waals surface area contributed by atoms with Crippen molar-refractivity contribution < 1.29 is 0 Å². The third-order valence-corrected chi connectivity index (χ3v) is 5.06. The van der Waals surface area contributed by atoms with Crippen LogP contribution in [-0.2, 0) is 13.1 Å². The summed E-state index contributed by atoms with van der Waals surface area (Å²) in [5.41, 5.74) is 2.62. The molecule has 0 saturated carbocycles. The van der Waals surface area contributed by atoms with E-state index >= 15 is 0 Å². The Kier molecular flexibility index (Phi) is 8.92. The van der Waals surface area contributed by atoms with Gasteiger partial charge in [-0.2, -0.15) is 0 Å². The van der Waals surface area contributed by atoms with Crippen LogP contribution >= 0.6 is 0 Å². The van der Waals surface area contributed by atoms with E-state index in [4.69, 9.17) is 0 Å². The zero-order valence-corrected chi connectivity index (χ0v) is 17.1. The Balaban J connectivity index is 1.65. The fourth-order valence-corrected chi connectivity index (χ4v) is 3.51. The van der Waals surface area contributed by atoms with E-state index in [1.165, 1.54) is 43.5 Å². The van der Waals surface area contributed by atoms with Gasteiger partial charge in [0.1, 0.15) is 0 Å². The summed E-state index contributed by atoms with van der Waals surface area (Å²) in [7, 11) is 6.02. The Morgan fingerprint density at radius 3 is 2.54 bits per heavy atom. The molecule has 1 heterocycles. The monoisotopic (exact) mass is 359 g/mol. The summed E-state index contributed by atoms with van der Waals surface area (Å²) in [6, 6.07) is 9.53. The molecule has 0 amide bonds. The lowest BCUT2D eigenvalue weighted by molar-refractivity contribution is 0.159. The fraction of sp³-hybridized carbons (Fsp3) is 0.667. The van der Waals surface area contributed by atoms with Crippen molar-refractivity contribution in [3.05, 3.63) is 35.4 Å². The second-order valence-corrected chi connectivity index (χ2v) is 7.64. The van der Waals surface area contributed by atoms with Crippen molar-refractivity contribution in [2.45, 2.75) is 51.7 Å². The number of nitrogens with zero attached hydrogens (tertiary/aromatic N) is 3. The summed E-state index contributed by atoms with van der Waals surface area (Å²) in [4.78, 5) is 9.14. The molecule has 1 saturated heterocycles. The van der Waals surface area contributed by atoms with Gasteiger partial charge in [-0.25, -0.2) is 0 Å². The van der Waals surface area contributed by atoms with Crippen LogP contribution in [0.15, 0.2) is 29.3 Å². The molecule has 146 valence electrons. The zero-order chi connectivity index (χ0) is 18.8. The lowest BCUT2D eigenvalue weighted by atomic mass is 10.0. The predicted octanol–water partition coefficient (Wildman–Crippen LogP) is 2.68. The summed E-state index contributed by atoms with van der Waals surface area (Å²) in [5, 5.41) is 6.85. The molecular weight excluding hydrogens is 322 g/mol. The predicted molar refractivity (Wildman–Crippen MR) is 112 cm³/mol. The highest BCUT2D eigenvalue weighted by Gasteiger charge is 2.17. The molecular formula is C21H37N5. The minimum Gasteiger partial charge on any atom is -0.356 e. The van der Waals surface area contributed by atoms with E-state index in [2.05, 4.69) is 70.7 Å². The van der Waals surface area contributed by atoms with Gasteiger partial charge in [0.05, 0.1) is 0 Å². The summed E-state index contributed by atoms with van der Waals surface area (Å²) >= 11 is 0. The number of rotatable bonds is 8. The lowest BCUT2D eigenvalue weighted by Crippen LogP contribution is -2.41. The Labute approximate surface area is 159 Å². The van der Waals surface area contributed by atoms with Gasteiger partial charge >= 0.3 is 0 Å². The van der Waals surface area contributed by atoms with Crippen LogP contribution in [-0.4, -0.2) is 62.6 Å². The zero-order valence-electron chi connectivity index (χ0n) is 17.1. The Hall–Kier alpha value is -1.59. The first kappa shape index (κ1) is 20.7. The lowest BCUT2D eigenvalue weighted by Gasteiger charge is -2.33. The van der Waals surface area contributed by atoms with E-state index in [-0.39, 0.29) is 0 Å². The minimum atomic E-state index is 0.747. The molecule has 0 radical (unpaired) electrons. The topological polar surface area (TPSA) is 42.9 Å². The van der Waals surface area contributed by atoms with Gasteiger partial charge in [0.15, 0.2) is 5.96 Å². The van der Waals surface area contributed by atoms with Crippen LogP contribution in [0.3, 0.4) is 0 Å². The second-order valence-electron chi connectivity index (χ2n) is 7.64. The number of likely N-dealkylation sites (tertiary alicyclic amines) is 1. The van der Waals surface area contributed by atoms with Gasteiger partial charge in [-0.05, 0) is 58.0 Å². The molecule has 2 N–H and O–H groups in total. The van der Waals surface area contributed by atoms with Crippen LogP contribution in [0.2, 0.25) is 0 Å². The number of piperidine rings is 1. The first-order chi connectivity index (χ1) is 12.6. The molecule has 1 aliphatic rings. The van der Waals surface area contributed by atoms with Gasteiger partial charge < -0.3 is 20.4 Å². The molecule has 1 aromatic carbocycles. The normalized spacial score (nSPS) is 19.0. The number of hydrogen-bond acceptors (Lipinski definition) is 3. The quantitative estimate of drug-likeness (QED) is 0.425. The largest absolute Gasteiger partial charge is 0.356 e. The van der Waals surface area contributed by atoms with E-state index in [9.17, 15) is 0 Å². The van der Waals surface area contributed by atoms with E-state index in [0.717, 1.165) is 38.1 Å². The highest BCUT2D eigenvalue weighted by molar-refractivity contribution is 5.79. The summed E-state index contributed by atoms with van der Waals surface area (Å²) < 4.78 is 0. The second kappa shape index (κ2) is 11.2. The van der Waals surface area contributed by atoms with Crippen LogP contribution in [0.1, 0.15) is 43.7 Å². The van der Waals surface area contributed by atoms with Gasteiger partial charge in [0.2, 0.25) is 0 Å². The minimum absolute atomic E-state index is 0.747. The molecule has 1 aliphatic heterocycles. The maximum absolute atomic E-state index is 4.33. The Morgan fingerprint density at radius 2 is 1.88 bits per heavy atom. The highest BCUT2D eigenvalue weighted by Crippen LogP contribution is 2.16. The standard InChI is InChI=1S/C21H37N5/c1-18-8-5-6-14-26(18)15-7-13-23-21(22-2)24-16-19-9-11-20(12-10-19)17-25(3)4/h9-12,18H,5-8,13-17H2,1-4H3,(H2,22,23,24). The summed E-state index contributed by atoms with van der Waals surface area (Å²) in [6.45, 7) is 7.54. The first-order valence-corrected chi connectivity index (χ1v) is 9.99. The summed E-state index contributed by atoms with van der Waals surface area (Å²) in [6.07, 6.45) is 5.26. The van der Waals surface area contributed by atoms with Crippen molar-refractivity contribution in [2.24, 2.45) is 4.99 Å². The fourth-order valence-electron chi connectivity index (χ4n) is 3.51. The van der Waals surface area contributed by atoms with Crippen molar-refractivity contribution in [2.75, 3.05) is 40.8 Å². The molecule has 26 heavy (non-hydrogen) atoms. The van der Waals surface area contributed by atoms with Crippen molar-refractivity contribution in [3.63, 3.8) is 0 Å². The van der Waals surface area contributed by atoms with E-state index in [1.807, 2.05) is 7.05 Å². The third-order valence-electron chi connectivity index (χ3n) is 5.06. The molecule has 2 rings (SSSR count). The van der Waals surface area contributed by atoms with Crippen molar-refractivity contribution in [3.8, 4) is 0 Å². The van der Waals surface area contributed by atoms with Gasteiger partial charge in [-0.3, -0.25) is 4.99 Å². The maximum Gasteiger partial charge on any atom is 0.191 e. The van der Waals surface area contributed by atoms with E-state index < -0.39 is 0 Å². The molecule has 0 aromatic heterocycles. The maximum atomic E-state index is 4.33. The van der Waals surface area contributed by atoms with E-state index in [0.29, 0.717) is 0 Å². The van der Waals surface area contributed by atoms with Crippen molar-refractivity contribution in [1.29, 1.82) is 0 Å². The molecule has 0 aliphatic carbocycles. The average Bonchev–Trinajstić information content (AvgIpc) is 2.63. The molecule has 0 bridgehead atoms. The van der Waals surface area contributed by atoms with Crippen LogP contribution in [0, 0.1) is 0 Å². The van der Waals surface area contributed by atoms with Crippen LogP contribution < -0.4 is 10.6 Å². The molecule has 5 heteroatoms. The van der Waals surface area contributed by atoms with Crippen LogP contribution in [0.4, 0.5) is 0 Å². The summed E-state index contributed by atoms with van der Waals surface area (Å²) in [5.74, 6) is 0.883. The molecule has 1 fully saturated rings. The molecule has 1 unspecified atom stereocenters. The number of benzene rings is 1. The smallest absolute Gasteiger partial charge is 0.191 e. The van der Waals surface area contributed by atoms with Gasteiger partial charge in [-0.15, -0.1) is 0 Å². The Bertz CT molecular complexity index is 538. The number of nitrogens with one attached hydrogen (secondary N) is 2.